The Bertz CT molecular complexity index is 444. The molecule has 0 aromatic heterocycles. The lowest BCUT2D eigenvalue weighted by Crippen LogP contribution is -2.34. The second kappa shape index (κ2) is 5.68. The summed E-state index contributed by atoms with van der Waals surface area (Å²) in [4.78, 5) is 0. The molecule has 0 spiro atoms. The van der Waals surface area contributed by atoms with Gasteiger partial charge in [-0.15, -0.1) is 0 Å². The number of rotatable bonds is 3. The molecular formula is C12H14F4N2S. The molecule has 2 nitrogen and oxygen atoms in total. The van der Waals surface area contributed by atoms with E-state index in [-0.39, 0.29) is 11.3 Å². The average molecular weight is 294 g/mol. The van der Waals surface area contributed by atoms with Crippen LogP contribution in [0.4, 0.5) is 17.6 Å². The molecule has 1 saturated heterocycles. The van der Waals surface area contributed by atoms with Crippen molar-refractivity contribution in [3.63, 3.8) is 0 Å². The highest BCUT2D eigenvalue weighted by Crippen LogP contribution is 2.37. The quantitative estimate of drug-likeness (QED) is 0.510. The molecular weight excluding hydrogens is 280 g/mol. The smallest absolute Gasteiger partial charge is 0.271 e. The Labute approximate surface area is 112 Å². The van der Waals surface area contributed by atoms with Crippen molar-refractivity contribution in [2.24, 2.45) is 5.84 Å². The summed E-state index contributed by atoms with van der Waals surface area (Å²) in [6, 6.07) is 2.65. The number of alkyl halides is 3. The van der Waals surface area contributed by atoms with Gasteiger partial charge in [-0.05, 0) is 36.3 Å². The minimum Gasteiger partial charge on any atom is -0.271 e. The van der Waals surface area contributed by atoms with Gasteiger partial charge in [-0.25, -0.2) is 4.39 Å². The van der Waals surface area contributed by atoms with Gasteiger partial charge in [0.1, 0.15) is 5.82 Å². The fourth-order valence-corrected chi connectivity index (χ4v) is 3.64. The molecule has 1 fully saturated rings. The van der Waals surface area contributed by atoms with E-state index in [1.807, 2.05) is 0 Å². The molecule has 0 amide bonds. The van der Waals surface area contributed by atoms with Crippen LogP contribution < -0.4 is 11.3 Å². The van der Waals surface area contributed by atoms with Crippen LogP contribution in [0.25, 0.3) is 0 Å². The summed E-state index contributed by atoms with van der Waals surface area (Å²) in [5, 5.41) is 0.168. The van der Waals surface area contributed by atoms with E-state index < -0.39 is 17.6 Å². The first-order valence-corrected chi connectivity index (χ1v) is 6.92. The monoisotopic (exact) mass is 294 g/mol. The van der Waals surface area contributed by atoms with Gasteiger partial charge in [-0.1, -0.05) is 6.07 Å². The fraction of sp³-hybridized carbons (Fsp3) is 0.500. The van der Waals surface area contributed by atoms with Gasteiger partial charge >= 0.3 is 6.18 Å². The zero-order valence-electron chi connectivity index (χ0n) is 10.0. The number of hydrogen-bond donors (Lipinski definition) is 2. The van der Waals surface area contributed by atoms with Gasteiger partial charge in [0.25, 0.3) is 0 Å². The number of hydrogen-bond acceptors (Lipinski definition) is 3. The molecule has 1 heterocycles. The molecule has 3 N–H and O–H groups in total. The van der Waals surface area contributed by atoms with E-state index >= 15 is 0 Å². The third kappa shape index (κ3) is 3.21. The maximum atomic E-state index is 13.5. The van der Waals surface area contributed by atoms with Crippen molar-refractivity contribution in [3.8, 4) is 0 Å². The third-order valence-corrected chi connectivity index (χ3v) is 4.63. The number of nitrogens with one attached hydrogen (secondary N) is 1. The molecule has 1 aromatic carbocycles. The van der Waals surface area contributed by atoms with Crippen LogP contribution in [0.2, 0.25) is 0 Å². The average Bonchev–Trinajstić information content (AvgIpc) is 2.82. The highest BCUT2D eigenvalue weighted by atomic mass is 32.2. The molecule has 1 aliphatic heterocycles. The minimum atomic E-state index is -4.67. The Hall–Kier alpha value is -0.790. The normalized spacial score (nSPS) is 21.6. The Morgan fingerprint density at radius 2 is 2.11 bits per heavy atom. The molecule has 1 aliphatic rings. The van der Waals surface area contributed by atoms with E-state index in [9.17, 15) is 17.6 Å². The van der Waals surface area contributed by atoms with E-state index in [1.165, 1.54) is 6.07 Å². The topological polar surface area (TPSA) is 38.0 Å². The van der Waals surface area contributed by atoms with Crippen molar-refractivity contribution in [2.75, 3.05) is 5.75 Å². The second-order valence-electron chi connectivity index (χ2n) is 4.43. The van der Waals surface area contributed by atoms with Crippen LogP contribution in [-0.4, -0.2) is 11.0 Å². The van der Waals surface area contributed by atoms with Crippen LogP contribution in [0, 0.1) is 5.82 Å². The van der Waals surface area contributed by atoms with E-state index in [1.54, 1.807) is 11.8 Å². The van der Waals surface area contributed by atoms with Crippen molar-refractivity contribution >= 4 is 11.8 Å². The van der Waals surface area contributed by atoms with Gasteiger partial charge in [-0.3, -0.25) is 11.3 Å². The molecule has 0 bridgehead atoms. The Morgan fingerprint density at radius 1 is 1.37 bits per heavy atom. The maximum Gasteiger partial charge on any atom is 0.419 e. The number of hydrazine groups is 1. The van der Waals surface area contributed by atoms with Crippen LogP contribution in [0.1, 0.15) is 30.0 Å². The number of halogens is 4. The van der Waals surface area contributed by atoms with Crippen LogP contribution in [-0.2, 0) is 6.18 Å². The van der Waals surface area contributed by atoms with Crippen LogP contribution in [0.3, 0.4) is 0 Å². The summed E-state index contributed by atoms with van der Waals surface area (Å²) < 4.78 is 51.0. The van der Waals surface area contributed by atoms with Crippen molar-refractivity contribution in [2.45, 2.75) is 30.3 Å². The molecule has 19 heavy (non-hydrogen) atoms. The summed E-state index contributed by atoms with van der Waals surface area (Å²) in [5.41, 5.74) is 1.78. The van der Waals surface area contributed by atoms with Crippen molar-refractivity contribution in [1.82, 2.24) is 5.43 Å². The standard InChI is InChI=1S/C12H14F4N2S/c13-9-6-7(3-4-8(9)12(14,15)16)11(18-17)10-2-1-5-19-10/h3-4,6,10-11,18H,1-2,5,17H2. The minimum absolute atomic E-state index is 0.168. The lowest BCUT2D eigenvalue weighted by Gasteiger charge is -2.23. The zero-order chi connectivity index (χ0) is 14.0. The van der Waals surface area contributed by atoms with E-state index in [0.717, 1.165) is 30.7 Å². The van der Waals surface area contributed by atoms with Gasteiger partial charge in [0.2, 0.25) is 0 Å². The molecule has 7 heteroatoms. The summed E-state index contributed by atoms with van der Waals surface area (Å²) in [5.74, 6) is 5.19. The third-order valence-electron chi connectivity index (χ3n) is 3.17. The highest BCUT2D eigenvalue weighted by molar-refractivity contribution is 8.00. The lowest BCUT2D eigenvalue weighted by molar-refractivity contribution is -0.140. The predicted octanol–water partition coefficient (Wildman–Crippen LogP) is 3.24. The second-order valence-corrected chi connectivity index (χ2v) is 5.78. The first-order chi connectivity index (χ1) is 8.93. The Morgan fingerprint density at radius 3 is 2.58 bits per heavy atom. The number of thioether (sulfide) groups is 1. The van der Waals surface area contributed by atoms with E-state index in [0.29, 0.717) is 5.56 Å². The molecule has 1 aromatic rings. The first kappa shape index (κ1) is 14.6. The van der Waals surface area contributed by atoms with Gasteiger partial charge in [0, 0.05) is 5.25 Å². The summed E-state index contributed by atoms with van der Waals surface area (Å²) in [7, 11) is 0. The summed E-state index contributed by atoms with van der Waals surface area (Å²) in [6.07, 6.45) is -2.71. The first-order valence-electron chi connectivity index (χ1n) is 5.88. The molecule has 106 valence electrons. The number of nitrogens with two attached hydrogens (primary N) is 1. The van der Waals surface area contributed by atoms with E-state index in [4.69, 9.17) is 5.84 Å². The lowest BCUT2D eigenvalue weighted by atomic mass is 9.99. The molecule has 2 rings (SSSR count). The molecule has 2 atom stereocenters. The highest BCUT2D eigenvalue weighted by Gasteiger charge is 2.35. The molecule has 0 saturated carbocycles. The van der Waals surface area contributed by atoms with Gasteiger partial charge < -0.3 is 0 Å². The SMILES string of the molecule is NNC(c1ccc(C(F)(F)F)c(F)c1)C1CCCS1. The van der Waals surface area contributed by atoms with Crippen molar-refractivity contribution in [3.05, 3.63) is 35.1 Å². The molecule has 0 aliphatic carbocycles. The van der Waals surface area contributed by atoms with Crippen LogP contribution >= 0.6 is 11.8 Å². The summed E-state index contributed by atoms with van der Waals surface area (Å²) in [6.45, 7) is 0. The molecule has 0 radical (unpaired) electrons. The largest absolute Gasteiger partial charge is 0.419 e. The van der Waals surface area contributed by atoms with Gasteiger partial charge in [-0.2, -0.15) is 24.9 Å². The fourth-order valence-electron chi connectivity index (χ4n) is 2.24. The Balaban J connectivity index is 2.27. The summed E-state index contributed by atoms with van der Waals surface area (Å²) >= 11 is 1.70. The van der Waals surface area contributed by atoms with Gasteiger partial charge in [0.05, 0.1) is 11.6 Å². The Kier molecular flexibility index (Phi) is 4.37. The maximum absolute atomic E-state index is 13.5. The van der Waals surface area contributed by atoms with Crippen molar-refractivity contribution in [1.29, 1.82) is 0 Å². The van der Waals surface area contributed by atoms with Gasteiger partial charge in [0.15, 0.2) is 0 Å². The number of benzene rings is 1. The molecule has 2 unspecified atom stereocenters. The van der Waals surface area contributed by atoms with E-state index in [2.05, 4.69) is 5.43 Å². The zero-order valence-corrected chi connectivity index (χ0v) is 10.8. The predicted molar refractivity (Wildman–Crippen MR) is 66.9 cm³/mol. The van der Waals surface area contributed by atoms with Crippen molar-refractivity contribution < 1.29 is 17.6 Å². The van der Waals surface area contributed by atoms with Crippen LogP contribution in [0.5, 0.6) is 0 Å². The van der Waals surface area contributed by atoms with Crippen LogP contribution in [0.15, 0.2) is 18.2 Å².